The maximum atomic E-state index is 12.7. The molecule has 0 bridgehead atoms. The highest BCUT2D eigenvalue weighted by Crippen LogP contribution is 2.34. The lowest BCUT2D eigenvalue weighted by Gasteiger charge is -2.30. The molecule has 3 N–H and O–H groups in total. The number of methoxy groups -OCH3 is 1. The molecular weight excluding hydrogens is 588 g/mol. The average molecular weight is 618 g/mol. The Bertz CT molecular complexity index is 1310. The Morgan fingerprint density at radius 1 is 1.21 bits per heavy atom. The first-order valence-electron chi connectivity index (χ1n) is 11.9. The quantitative estimate of drug-likeness (QED) is 0.107. The lowest BCUT2D eigenvalue weighted by molar-refractivity contribution is -0.139. The number of carbonyl (C=O) groups excluding carboxylic acids is 2. The van der Waals surface area contributed by atoms with Crippen LogP contribution in [-0.2, 0) is 14.3 Å². The van der Waals surface area contributed by atoms with Crippen molar-refractivity contribution in [3.8, 4) is 17.2 Å². The van der Waals surface area contributed by atoms with Gasteiger partial charge >= 0.3 is 5.97 Å². The van der Waals surface area contributed by atoms with Crippen LogP contribution in [0.15, 0.2) is 69.9 Å². The number of hydrazone groups is 1. The first kappa shape index (κ1) is 29.7. The van der Waals surface area contributed by atoms with Crippen molar-refractivity contribution in [2.24, 2.45) is 5.10 Å². The second-order valence-corrected chi connectivity index (χ2v) is 9.30. The predicted molar refractivity (Wildman–Crippen MR) is 155 cm³/mol. The SMILES string of the molecule is C=CCOc1cc(Br)c(C=NNC(=O)COc2ccccc2[C@H]2NC(=S)NC(C)=C2C(=O)OCC)cc1OC. The number of hydrogen-bond acceptors (Lipinski definition) is 8. The molecule has 1 atom stereocenters. The molecule has 2 aromatic carbocycles. The van der Waals surface area contributed by atoms with Gasteiger partial charge in [-0.3, -0.25) is 4.79 Å². The van der Waals surface area contributed by atoms with Crippen molar-refractivity contribution in [3.63, 3.8) is 0 Å². The molecule has 1 heterocycles. The third-order valence-corrected chi connectivity index (χ3v) is 6.29. The zero-order valence-electron chi connectivity index (χ0n) is 21.7. The molecule has 0 fully saturated rings. The topological polar surface area (TPSA) is 120 Å². The van der Waals surface area contributed by atoms with E-state index in [-0.39, 0.29) is 13.2 Å². The molecule has 1 aliphatic heterocycles. The van der Waals surface area contributed by atoms with Gasteiger partial charge < -0.3 is 29.6 Å². The molecule has 10 nitrogen and oxygen atoms in total. The number of nitrogens with one attached hydrogen (secondary N) is 3. The molecule has 12 heteroatoms. The van der Waals surface area contributed by atoms with Crippen LogP contribution in [0.25, 0.3) is 0 Å². The van der Waals surface area contributed by atoms with Crippen LogP contribution in [0.2, 0.25) is 0 Å². The summed E-state index contributed by atoms with van der Waals surface area (Å²) in [6.45, 7) is 7.35. The van der Waals surface area contributed by atoms with E-state index in [1.54, 1.807) is 56.3 Å². The van der Waals surface area contributed by atoms with E-state index in [1.165, 1.54) is 13.3 Å². The van der Waals surface area contributed by atoms with Crippen molar-refractivity contribution < 1.29 is 28.5 Å². The summed E-state index contributed by atoms with van der Waals surface area (Å²) in [5, 5.41) is 10.4. The zero-order valence-corrected chi connectivity index (χ0v) is 24.1. The number of nitrogens with zero attached hydrogens (tertiary/aromatic N) is 1. The van der Waals surface area contributed by atoms with Gasteiger partial charge in [-0.2, -0.15) is 5.10 Å². The monoisotopic (exact) mass is 616 g/mol. The van der Waals surface area contributed by atoms with Gasteiger partial charge in [0.15, 0.2) is 23.2 Å². The Kier molecular flexibility index (Phi) is 10.9. The summed E-state index contributed by atoms with van der Waals surface area (Å²) in [6.07, 6.45) is 3.10. The maximum absolute atomic E-state index is 12.7. The van der Waals surface area contributed by atoms with E-state index in [0.717, 1.165) is 0 Å². The van der Waals surface area contributed by atoms with E-state index >= 15 is 0 Å². The predicted octanol–water partition coefficient (Wildman–Crippen LogP) is 3.91. The van der Waals surface area contributed by atoms with Crippen molar-refractivity contribution in [1.82, 2.24) is 16.1 Å². The van der Waals surface area contributed by atoms with Crippen molar-refractivity contribution >= 4 is 51.4 Å². The van der Waals surface area contributed by atoms with Gasteiger partial charge in [-0.05, 0) is 60.2 Å². The van der Waals surface area contributed by atoms with E-state index in [2.05, 4.69) is 43.7 Å². The van der Waals surface area contributed by atoms with E-state index in [4.69, 9.17) is 31.2 Å². The largest absolute Gasteiger partial charge is 0.493 e. The van der Waals surface area contributed by atoms with Crippen LogP contribution in [0, 0.1) is 0 Å². The number of benzene rings is 2. The molecule has 0 aliphatic carbocycles. The fourth-order valence-electron chi connectivity index (χ4n) is 3.68. The number of allylic oxidation sites excluding steroid dienone is 1. The molecule has 0 aromatic heterocycles. The van der Waals surface area contributed by atoms with Gasteiger partial charge in [-0.15, -0.1) is 0 Å². The molecule has 3 rings (SSSR count). The summed E-state index contributed by atoms with van der Waals surface area (Å²) < 4.78 is 22.7. The second-order valence-electron chi connectivity index (χ2n) is 8.03. The molecule has 2 aromatic rings. The Balaban J connectivity index is 1.70. The van der Waals surface area contributed by atoms with Crippen LogP contribution in [0.5, 0.6) is 17.2 Å². The van der Waals surface area contributed by atoms with Gasteiger partial charge in [0, 0.05) is 21.3 Å². The van der Waals surface area contributed by atoms with Crippen molar-refractivity contribution in [2.45, 2.75) is 19.9 Å². The molecule has 1 aliphatic rings. The third kappa shape index (κ3) is 7.80. The van der Waals surface area contributed by atoms with E-state index in [1.807, 2.05) is 0 Å². The van der Waals surface area contributed by atoms with Crippen LogP contribution < -0.4 is 30.3 Å². The van der Waals surface area contributed by atoms with E-state index in [0.29, 0.717) is 55.8 Å². The molecule has 0 spiro atoms. The highest BCUT2D eigenvalue weighted by Gasteiger charge is 2.32. The van der Waals surface area contributed by atoms with E-state index < -0.39 is 17.9 Å². The number of carbonyl (C=O) groups is 2. The fraction of sp³-hybridized carbons (Fsp3) is 0.259. The van der Waals surface area contributed by atoms with Gasteiger partial charge in [0.25, 0.3) is 5.91 Å². The Morgan fingerprint density at radius 2 is 1.97 bits per heavy atom. The minimum absolute atomic E-state index is 0.224. The van der Waals surface area contributed by atoms with Crippen LogP contribution in [0.1, 0.15) is 31.0 Å². The highest BCUT2D eigenvalue weighted by atomic mass is 79.9. The summed E-state index contributed by atoms with van der Waals surface area (Å²) in [7, 11) is 1.53. The average Bonchev–Trinajstić information content (AvgIpc) is 2.91. The van der Waals surface area contributed by atoms with Crippen molar-refractivity contribution in [3.05, 3.63) is 75.9 Å². The third-order valence-electron chi connectivity index (χ3n) is 5.39. The maximum Gasteiger partial charge on any atom is 0.338 e. The lowest BCUT2D eigenvalue weighted by atomic mass is 9.95. The number of thiocarbonyl (C=S) groups is 1. The number of amides is 1. The Labute approximate surface area is 240 Å². The normalized spacial score (nSPS) is 14.8. The molecule has 0 saturated heterocycles. The minimum Gasteiger partial charge on any atom is -0.493 e. The summed E-state index contributed by atoms with van der Waals surface area (Å²) in [5.41, 5.74) is 4.67. The van der Waals surface area contributed by atoms with E-state index in [9.17, 15) is 9.59 Å². The zero-order chi connectivity index (χ0) is 28.4. The molecule has 0 radical (unpaired) electrons. The summed E-state index contributed by atoms with van der Waals surface area (Å²) in [5.74, 6) is 0.479. The standard InChI is InChI=1S/C27H29BrN4O6S/c1-5-11-37-22-13-19(28)17(12-21(22)35-4)14-29-32-23(33)15-38-20-10-8-7-9-18(20)25-24(26(34)36-6-2)16(3)30-27(39)31-25/h5,7-10,12-14,25H,1,6,11,15H2,2-4H3,(H,32,33)(H2,30,31,39)/t25-/m1/s1. The number of rotatable bonds is 12. The number of halogens is 1. The number of ether oxygens (including phenoxy) is 4. The number of esters is 1. The minimum atomic E-state index is -0.624. The molecule has 0 unspecified atom stereocenters. The fourth-order valence-corrected chi connectivity index (χ4v) is 4.37. The van der Waals surface area contributed by atoms with Crippen LogP contribution in [-0.4, -0.2) is 50.1 Å². The number of para-hydroxylation sites is 1. The van der Waals surface area contributed by atoms with Crippen LogP contribution in [0.4, 0.5) is 0 Å². The highest BCUT2D eigenvalue weighted by molar-refractivity contribution is 9.10. The smallest absolute Gasteiger partial charge is 0.338 e. The van der Waals surface area contributed by atoms with Crippen molar-refractivity contribution in [2.75, 3.05) is 26.9 Å². The van der Waals surface area contributed by atoms with Gasteiger partial charge in [0.2, 0.25) is 0 Å². The van der Waals surface area contributed by atoms with Gasteiger partial charge in [0.1, 0.15) is 12.4 Å². The molecule has 1 amide bonds. The first-order chi connectivity index (χ1) is 18.8. The molecule has 39 heavy (non-hydrogen) atoms. The number of hydrogen-bond donors (Lipinski definition) is 3. The van der Waals surface area contributed by atoms with Crippen LogP contribution in [0.3, 0.4) is 0 Å². The Hall–Kier alpha value is -3.90. The second kappa shape index (κ2) is 14.3. The molecular formula is C27H29BrN4O6S. The van der Waals surface area contributed by atoms with Gasteiger partial charge in [0.05, 0.1) is 31.5 Å². The van der Waals surface area contributed by atoms with Gasteiger partial charge in [-0.1, -0.05) is 30.9 Å². The van der Waals surface area contributed by atoms with Crippen molar-refractivity contribution in [1.29, 1.82) is 0 Å². The molecule has 206 valence electrons. The summed E-state index contributed by atoms with van der Waals surface area (Å²) in [4.78, 5) is 25.2. The van der Waals surface area contributed by atoms with Crippen LogP contribution >= 0.6 is 28.1 Å². The lowest BCUT2D eigenvalue weighted by Crippen LogP contribution is -2.45. The summed E-state index contributed by atoms with van der Waals surface area (Å²) >= 11 is 8.76. The summed E-state index contributed by atoms with van der Waals surface area (Å²) in [6, 6.07) is 9.90. The van der Waals surface area contributed by atoms with Gasteiger partial charge in [-0.25, -0.2) is 10.2 Å². The first-order valence-corrected chi connectivity index (χ1v) is 13.1. The Morgan fingerprint density at radius 3 is 2.69 bits per heavy atom. The molecule has 0 saturated carbocycles.